The van der Waals surface area contributed by atoms with Crippen molar-refractivity contribution in [1.29, 1.82) is 0 Å². The monoisotopic (exact) mass is 630 g/mol. The van der Waals surface area contributed by atoms with Crippen LogP contribution < -0.4 is 15.5 Å². The molecule has 1 aromatic heterocycles. The number of anilines is 1. The molecule has 2 N–H and O–H groups in total. The fourth-order valence-electron chi connectivity index (χ4n) is 7.61. The Labute approximate surface area is 270 Å². The van der Waals surface area contributed by atoms with Crippen molar-refractivity contribution in [3.05, 3.63) is 54.4 Å². The molecule has 4 aliphatic heterocycles. The normalized spacial score (nSPS) is 28.0. The molecule has 1 aromatic carbocycles. The molecule has 4 saturated heterocycles. The van der Waals surface area contributed by atoms with E-state index < -0.39 is 12.1 Å². The summed E-state index contributed by atoms with van der Waals surface area (Å²) in [6.07, 6.45) is 7.16. The van der Waals surface area contributed by atoms with Crippen molar-refractivity contribution in [3.63, 3.8) is 0 Å². The summed E-state index contributed by atoms with van der Waals surface area (Å²) in [5.74, 6) is 0.631. The molecule has 0 radical (unpaired) electrons. The lowest BCUT2D eigenvalue weighted by molar-refractivity contribution is -0.149. The van der Waals surface area contributed by atoms with Crippen LogP contribution in [0.25, 0.3) is 0 Å². The van der Waals surface area contributed by atoms with Gasteiger partial charge in [-0.05, 0) is 62.5 Å². The summed E-state index contributed by atoms with van der Waals surface area (Å²) in [4.78, 5) is 70.7. The lowest BCUT2D eigenvalue weighted by atomic mass is 9.77. The van der Waals surface area contributed by atoms with Crippen LogP contribution in [0.4, 0.5) is 5.95 Å². The van der Waals surface area contributed by atoms with E-state index in [1.807, 2.05) is 46.2 Å². The number of piperidine rings is 2. The van der Waals surface area contributed by atoms with E-state index in [-0.39, 0.29) is 41.5 Å². The Morgan fingerprint density at radius 3 is 2.46 bits per heavy atom. The molecule has 5 atom stereocenters. The predicted octanol–water partition coefficient (Wildman–Crippen LogP) is 1.08. The van der Waals surface area contributed by atoms with Crippen molar-refractivity contribution in [2.24, 2.45) is 11.8 Å². The molecule has 46 heavy (non-hydrogen) atoms. The minimum atomic E-state index is -0.706. The topological polar surface area (TPSA) is 131 Å². The first-order chi connectivity index (χ1) is 22.3. The Kier molecular flexibility index (Phi) is 10.1. The second-order valence-corrected chi connectivity index (χ2v) is 13.3. The SMILES string of the molecule is C[C@H]1NC(=O)[C@H](CCc2ccccc2)NC(=O)CCC[C@H]2[C@@H]3C[C@@H](CN(C(=O)CN4CCN(c5ncccn5)CC4)C3)CN2C1=O. The van der Waals surface area contributed by atoms with Crippen LogP contribution in [0.3, 0.4) is 0 Å². The van der Waals surface area contributed by atoms with Gasteiger partial charge in [0.05, 0.1) is 6.54 Å². The number of aryl methyl sites for hydroxylation is 1. The molecule has 0 unspecified atom stereocenters. The van der Waals surface area contributed by atoms with Gasteiger partial charge in [-0.2, -0.15) is 0 Å². The molecule has 4 amide bonds. The zero-order valence-electron chi connectivity index (χ0n) is 26.7. The first kappa shape index (κ1) is 31.9. The second kappa shape index (κ2) is 14.6. The van der Waals surface area contributed by atoms with Crippen molar-refractivity contribution in [1.82, 2.24) is 35.3 Å². The highest BCUT2D eigenvalue weighted by Crippen LogP contribution is 2.36. The Morgan fingerprint density at radius 1 is 0.935 bits per heavy atom. The van der Waals surface area contributed by atoms with Gasteiger partial charge in [-0.1, -0.05) is 30.3 Å². The van der Waals surface area contributed by atoms with E-state index in [9.17, 15) is 19.2 Å². The van der Waals surface area contributed by atoms with Crippen LogP contribution in [0.15, 0.2) is 48.8 Å². The van der Waals surface area contributed by atoms with E-state index in [1.54, 1.807) is 19.3 Å². The lowest BCUT2D eigenvalue weighted by Gasteiger charge is -2.51. The van der Waals surface area contributed by atoms with E-state index in [0.29, 0.717) is 58.3 Å². The molecule has 2 bridgehead atoms. The van der Waals surface area contributed by atoms with E-state index in [0.717, 1.165) is 44.1 Å². The van der Waals surface area contributed by atoms with Gasteiger partial charge in [-0.3, -0.25) is 24.1 Å². The molecule has 5 heterocycles. The van der Waals surface area contributed by atoms with Gasteiger partial charge in [0, 0.05) is 70.7 Å². The van der Waals surface area contributed by atoms with Crippen molar-refractivity contribution >= 4 is 29.6 Å². The third kappa shape index (κ3) is 7.66. The first-order valence-corrected chi connectivity index (χ1v) is 16.8. The van der Waals surface area contributed by atoms with Gasteiger partial charge in [0.25, 0.3) is 0 Å². The maximum atomic E-state index is 13.9. The molecule has 0 saturated carbocycles. The highest BCUT2D eigenvalue weighted by atomic mass is 16.2. The summed E-state index contributed by atoms with van der Waals surface area (Å²) in [6, 6.07) is 10.2. The maximum Gasteiger partial charge on any atom is 0.245 e. The van der Waals surface area contributed by atoms with Crippen molar-refractivity contribution in [2.45, 2.75) is 63.6 Å². The van der Waals surface area contributed by atoms with Crippen LogP contribution in [0.2, 0.25) is 0 Å². The lowest BCUT2D eigenvalue weighted by Crippen LogP contribution is -2.63. The van der Waals surface area contributed by atoms with Gasteiger partial charge in [-0.15, -0.1) is 0 Å². The summed E-state index contributed by atoms with van der Waals surface area (Å²) >= 11 is 0. The highest BCUT2D eigenvalue weighted by molar-refractivity contribution is 5.92. The van der Waals surface area contributed by atoms with Crippen LogP contribution >= 0.6 is 0 Å². The van der Waals surface area contributed by atoms with Crippen LogP contribution in [0.5, 0.6) is 0 Å². The number of carbonyl (C=O) groups excluding carboxylic acids is 4. The van der Waals surface area contributed by atoms with Gasteiger partial charge in [0.2, 0.25) is 29.6 Å². The van der Waals surface area contributed by atoms with Crippen LogP contribution in [-0.4, -0.2) is 119 Å². The fourth-order valence-corrected chi connectivity index (χ4v) is 7.61. The second-order valence-electron chi connectivity index (χ2n) is 13.3. The predicted molar refractivity (Wildman–Crippen MR) is 173 cm³/mol. The average molecular weight is 631 g/mol. The summed E-state index contributed by atoms with van der Waals surface area (Å²) in [7, 11) is 0. The quantitative estimate of drug-likeness (QED) is 0.485. The Morgan fingerprint density at radius 2 is 1.70 bits per heavy atom. The molecule has 0 aliphatic carbocycles. The van der Waals surface area contributed by atoms with Gasteiger partial charge < -0.3 is 25.3 Å². The van der Waals surface area contributed by atoms with Gasteiger partial charge >= 0.3 is 0 Å². The molecule has 4 aliphatic rings. The number of hydrogen-bond acceptors (Lipinski definition) is 8. The average Bonchev–Trinajstić information content (AvgIpc) is 3.07. The smallest absolute Gasteiger partial charge is 0.245 e. The van der Waals surface area contributed by atoms with Crippen molar-refractivity contribution in [2.75, 3.05) is 57.3 Å². The highest BCUT2D eigenvalue weighted by Gasteiger charge is 2.45. The van der Waals surface area contributed by atoms with E-state index in [4.69, 9.17) is 0 Å². The largest absolute Gasteiger partial charge is 0.344 e. The number of nitrogens with one attached hydrogen (secondary N) is 2. The summed E-state index contributed by atoms with van der Waals surface area (Å²) in [5, 5.41) is 5.85. The Bertz CT molecular complexity index is 1370. The molecule has 12 nitrogen and oxygen atoms in total. The molecule has 6 rings (SSSR count). The summed E-state index contributed by atoms with van der Waals surface area (Å²) in [5.41, 5.74) is 1.09. The molecule has 0 spiro atoms. The number of likely N-dealkylation sites (tertiary alicyclic amines) is 1. The number of carbonyl (C=O) groups is 4. The number of nitrogens with zero attached hydrogens (tertiary/aromatic N) is 6. The van der Waals surface area contributed by atoms with Crippen LogP contribution in [-0.2, 0) is 25.6 Å². The van der Waals surface area contributed by atoms with Gasteiger partial charge in [-0.25, -0.2) is 9.97 Å². The number of piperazine rings is 1. The molecule has 2 aromatic rings. The zero-order valence-corrected chi connectivity index (χ0v) is 26.7. The third-order valence-electron chi connectivity index (χ3n) is 10.0. The van der Waals surface area contributed by atoms with Gasteiger partial charge in [0.15, 0.2) is 0 Å². The molecule has 246 valence electrons. The third-order valence-corrected chi connectivity index (χ3v) is 10.0. The van der Waals surface area contributed by atoms with Crippen molar-refractivity contribution < 1.29 is 19.2 Å². The maximum absolute atomic E-state index is 13.9. The number of amides is 4. The van der Waals surface area contributed by atoms with Crippen LogP contribution in [0, 0.1) is 11.8 Å². The molecule has 12 heteroatoms. The molecular weight excluding hydrogens is 584 g/mol. The summed E-state index contributed by atoms with van der Waals surface area (Å²) < 4.78 is 0. The van der Waals surface area contributed by atoms with Crippen molar-refractivity contribution in [3.8, 4) is 0 Å². The van der Waals surface area contributed by atoms with Gasteiger partial charge in [0.1, 0.15) is 12.1 Å². The van der Waals surface area contributed by atoms with E-state index >= 15 is 0 Å². The number of rotatable bonds is 6. The molecule has 4 fully saturated rings. The number of hydrogen-bond donors (Lipinski definition) is 2. The number of benzene rings is 1. The minimum Gasteiger partial charge on any atom is -0.344 e. The first-order valence-electron chi connectivity index (χ1n) is 16.8. The number of aromatic nitrogens is 2. The minimum absolute atomic E-state index is 0.0748. The van der Waals surface area contributed by atoms with E-state index in [2.05, 4.69) is 30.4 Å². The Hall–Kier alpha value is -4.06. The number of fused-ring (bicyclic) bond motifs is 4. The molecular formula is C34H46N8O4. The van der Waals surface area contributed by atoms with E-state index in [1.165, 1.54) is 0 Å². The Balaban J connectivity index is 1.06. The fraction of sp³-hybridized carbons (Fsp3) is 0.588. The zero-order chi connectivity index (χ0) is 32.0. The summed E-state index contributed by atoms with van der Waals surface area (Å²) in [6.45, 7) is 7.01. The standard InChI is InChI=1S/C34H46N8O4/c1-24-33(46)42-21-26-19-27(22-41(20-26)31(44)23-39-15-17-40(18-16-39)34-35-13-6-14-36-34)29(42)9-5-10-30(43)38-28(32(45)37-24)12-11-25-7-3-2-4-8-25/h2-4,6-8,13-14,24,26-29H,5,9-12,15-23H2,1H3,(H,37,45)(H,38,43)/t24-,26+,27-,28+,29+/m1/s1. The van der Waals surface area contributed by atoms with Crippen LogP contribution in [0.1, 0.15) is 44.6 Å².